The fourth-order valence-corrected chi connectivity index (χ4v) is 2.70. The molecular weight excluding hydrogens is 290 g/mol. The molecule has 0 radical (unpaired) electrons. The second-order valence-electron chi connectivity index (χ2n) is 5.78. The van der Waals surface area contributed by atoms with Crippen molar-refractivity contribution in [2.75, 3.05) is 13.8 Å². The third-order valence-electron chi connectivity index (χ3n) is 4.32. The van der Waals surface area contributed by atoms with Gasteiger partial charge in [-0.25, -0.2) is 0 Å². The lowest BCUT2D eigenvalue weighted by molar-refractivity contribution is -0.131. The first-order chi connectivity index (χ1) is 11.1. The number of hydrogen-bond donors (Lipinski definition) is 0. The van der Waals surface area contributed by atoms with Gasteiger partial charge in [-0.3, -0.25) is 4.79 Å². The smallest absolute Gasteiger partial charge is 0.231 e. The first-order valence-electron chi connectivity index (χ1n) is 7.84. The molecule has 23 heavy (non-hydrogen) atoms. The molecule has 0 fully saturated rings. The number of aryl methyl sites for hydroxylation is 1. The van der Waals surface area contributed by atoms with Crippen LogP contribution < -0.4 is 9.47 Å². The molecule has 0 N–H and O–H groups in total. The van der Waals surface area contributed by atoms with Crippen molar-refractivity contribution in [2.45, 2.75) is 25.8 Å². The van der Waals surface area contributed by atoms with Crippen LogP contribution in [0.3, 0.4) is 0 Å². The number of ether oxygens (including phenoxy) is 2. The summed E-state index contributed by atoms with van der Waals surface area (Å²) in [5.74, 6) is 1.68. The lowest BCUT2D eigenvalue weighted by Gasteiger charge is -2.25. The lowest BCUT2D eigenvalue weighted by atomic mass is 10.1. The molecule has 1 unspecified atom stereocenters. The SMILES string of the molecule is CC(c1ccccc1)N(C)C(=O)CCc1ccc2c(c1)OCO2. The fraction of sp³-hybridized carbons (Fsp3) is 0.316. The van der Waals surface area contributed by atoms with Gasteiger partial charge in [0.15, 0.2) is 11.5 Å². The monoisotopic (exact) mass is 311 g/mol. The summed E-state index contributed by atoms with van der Waals surface area (Å²) in [6, 6.07) is 16.0. The molecule has 0 bridgehead atoms. The van der Waals surface area contributed by atoms with Gasteiger partial charge in [0.2, 0.25) is 12.7 Å². The summed E-state index contributed by atoms with van der Waals surface area (Å²) in [5.41, 5.74) is 2.23. The maximum Gasteiger partial charge on any atom is 0.231 e. The van der Waals surface area contributed by atoms with E-state index in [1.54, 1.807) is 0 Å². The Morgan fingerprint density at radius 1 is 1.13 bits per heavy atom. The molecule has 1 aliphatic rings. The molecular formula is C19H21NO3. The fourth-order valence-electron chi connectivity index (χ4n) is 2.70. The van der Waals surface area contributed by atoms with Gasteiger partial charge in [0.1, 0.15) is 0 Å². The molecule has 0 aromatic heterocycles. The van der Waals surface area contributed by atoms with E-state index in [4.69, 9.17) is 9.47 Å². The molecule has 1 aliphatic heterocycles. The minimum atomic E-state index is 0.0699. The van der Waals surface area contributed by atoms with Crippen LogP contribution >= 0.6 is 0 Å². The number of carbonyl (C=O) groups is 1. The topological polar surface area (TPSA) is 38.8 Å². The molecule has 4 heteroatoms. The van der Waals surface area contributed by atoms with Crippen LogP contribution in [0.4, 0.5) is 0 Å². The molecule has 3 rings (SSSR count). The predicted molar refractivity (Wildman–Crippen MR) is 88.5 cm³/mol. The third-order valence-corrected chi connectivity index (χ3v) is 4.32. The van der Waals surface area contributed by atoms with Crippen molar-refractivity contribution in [3.8, 4) is 11.5 Å². The maximum absolute atomic E-state index is 12.4. The van der Waals surface area contributed by atoms with E-state index in [1.165, 1.54) is 0 Å². The van der Waals surface area contributed by atoms with Gasteiger partial charge < -0.3 is 14.4 Å². The van der Waals surface area contributed by atoms with E-state index < -0.39 is 0 Å². The molecule has 1 amide bonds. The molecule has 2 aromatic rings. The number of rotatable bonds is 5. The Hall–Kier alpha value is -2.49. The highest BCUT2D eigenvalue weighted by Gasteiger charge is 2.18. The normalized spacial score (nSPS) is 13.7. The number of carbonyl (C=O) groups excluding carboxylic acids is 1. The summed E-state index contributed by atoms with van der Waals surface area (Å²) in [6.07, 6.45) is 1.18. The molecule has 1 heterocycles. The van der Waals surface area contributed by atoms with Crippen LogP contribution in [0.25, 0.3) is 0 Å². The zero-order valence-electron chi connectivity index (χ0n) is 13.5. The van der Waals surface area contributed by atoms with Crippen LogP contribution in [-0.2, 0) is 11.2 Å². The predicted octanol–water partition coefficient (Wildman–Crippen LogP) is 3.57. The van der Waals surface area contributed by atoms with Crippen LogP contribution in [-0.4, -0.2) is 24.6 Å². The largest absolute Gasteiger partial charge is 0.454 e. The minimum Gasteiger partial charge on any atom is -0.454 e. The lowest BCUT2D eigenvalue weighted by Crippen LogP contribution is -2.29. The van der Waals surface area contributed by atoms with Crippen molar-refractivity contribution in [3.05, 3.63) is 59.7 Å². The first-order valence-corrected chi connectivity index (χ1v) is 7.84. The molecule has 0 aliphatic carbocycles. The standard InChI is InChI=1S/C19H21NO3/c1-14(16-6-4-3-5-7-16)20(2)19(21)11-9-15-8-10-17-18(12-15)23-13-22-17/h3-8,10,12,14H,9,11,13H2,1-2H3. The van der Waals surface area contributed by atoms with E-state index in [9.17, 15) is 4.79 Å². The van der Waals surface area contributed by atoms with Crippen LogP contribution in [0, 0.1) is 0 Å². The van der Waals surface area contributed by atoms with E-state index in [-0.39, 0.29) is 18.7 Å². The number of nitrogens with zero attached hydrogens (tertiary/aromatic N) is 1. The van der Waals surface area contributed by atoms with Crippen LogP contribution in [0.5, 0.6) is 11.5 Å². The zero-order valence-corrected chi connectivity index (χ0v) is 13.5. The quantitative estimate of drug-likeness (QED) is 0.847. The Kier molecular flexibility index (Phi) is 4.51. The summed E-state index contributed by atoms with van der Waals surface area (Å²) in [5, 5.41) is 0. The first kappa shape index (κ1) is 15.4. The summed E-state index contributed by atoms with van der Waals surface area (Å²) in [7, 11) is 1.86. The number of fused-ring (bicyclic) bond motifs is 1. The summed E-state index contributed by atoms with van der Waals surface area (Å²) >= 11 is 0. The summed E-state index contributed by atoms with van der Waals surface area (Å²) in [4.78, 5) is 14.2. The molecule has 0 saturated carbocycles. The Morgan fingerprint density at radius 2 is 1.87 bits per heavy atom. The molecule has 0 spiro atoms. The highest BCUT2D eigenvalue weighted by molar-refractivity contribution is 5.76. The van der Waals surface area contributed by atoms with Crippen molar-refractivity contribution >= 4 is 5.91 Å². The van der Waals surface area contributed by atoms with E-state index in [1.807, 2.05) is 67.4 Å². The van der Waals surface area contributed by atoms with Crippen LogP contribution in [0.15, 0.2) is 48.5 Å². The Morgan fingerprint density at radius 3 is 2.65 bits per heavy atom. The molecule has 1 atom stereocenters. The Labute approximate surface area is 136 Å². The van der Waals surface area contributed by atoms with Crippen molar-refractivity contribution in [2.24, 2.45) is 0 Å². The van der Waals surface area contributed by atoms with Crippen molar-refractivity contribution < 1.29 is 14.3 Å². The van der Waals surface area contributed by atoms with E-state index in [0.717, 1.165) is 22.6 Å². The van der Waals surface area contributed by atoms with E-state index >= 15 is 0 Å². The highest BCUT2D eigenvalue weighted by atomic mass is 16.7. The number of amides is 1. The summed E-state index contributed by atoms with van der Waals surface area (Å²) in [6.45, 7) is 2.32. The van der Waals surface area contributed by atoms with E-state index in [0.29, 0.717) is 12.8 Å². The van der Waals surface area contributed by atoms with Gasteiger partial charge in [0.05, 0.1) is 6.04 Å². The average molecular weight is 311 g/mol. The second-order valence-corrected chi connectivity index (χ2v) is 5.78. The number of benzene rings is 2. The van der Waals surface area contributed by atoms with Crippen LogP contribution in [0.2, 0.25) is 0 Å². The van der Waals surface area contributed by atoms with E-state index in [2.05, 4.69) is 0 Å². The highest BCUT2D eigenvalue weighted by Crippen LogP contribution is 2.32. The Bertz CT molecular complexity index is 684. The average Bonchev–Trinajstić information content (AvgIpc) is 3.06. The number of hydrogen-bond acceptors (Lipinski definition) is 3. The Balaban J connectivity index is 1.58. The van der Waals surface area contributed by atoms with Gasteiger partial charge in [0.25, 0.3) is 0 Å². The van der Waals surface area contributed by atoms with Crippen molar-refractivity contribution in [1.82, 2.24) is 4.90 Å². The third kappa shape index (κ3) is 3.47. The second kappa shape index (κ2) is 6.73. The van der Waals surface area contributed by atoms with Gasteiger partial charge in [-0.2, -0.15) is 0 Å². The van der Waals surface area contributed by atoms with Gasteiger partial charge in [-0.15, -0.1) is 0 Å². The van der Waals surface area contributed by atoms with Gasteiger partial charge >= 0.3 is 0 Å². The zero-order chi connectivity index (χ0) is 16.2. The maximum atomic E-state index is 12.4. The molecule has 4 nitrogen and oxygen atoms in total. The summed E-state index contributed by atoms with van der Waals surface area (Å²) < 4.78 is 10.7. The molecule has 2 aromatic carbocycles. The van der Waals surface area contributed by atoms with Gasteiger partial charge in [0, 0.05) is 13.5 Å². The molecule has 120 valence electrons. The van der Waals surface area contributed by atoms with Crippen molar-refractivity contribution in [3.63, 3.8) is 0 Å². The van der Waals surface area contributed by atoms with Crippen LogP contribution in [0.1, 0.15) is 30.5 Å². The minimum absolute atomic E-state index is 0.0699. The molecule has 0 saturated heterocycles. The van der Waals surface area contributed by atoms with Gasteiger partial charge in [-0.05, 0) is 36.6 Å². The van der Waals surface area contributed by atoms with Crippen molar-refractivity contribution in [1.29, 1.82) is 0 Å². The van der Waals surface area contributed by atoms with Gasteiger partial charge in [-0.1, -0.05) is 36.4 Å².